The predicted octanol–water partition coefficient (Wildman–Crippen LogP) is 2.33. The van der Waals surface area contributed by atoms with E-state index in [2.05, 4.69) is 10.6 Å². The number of aliphatic hydroxyl groups is 1. The van der Waals surface area contributed by atoms with Crippen LogP contribution in [-0.4, -0.2) is 28.2 Å². The highest BCUT2D eigenvalue weighted by atomic mass is 16.6. The number of carbonyl (C=O) groups is 1. The predicted molar refractivity (Wildman–Crippen MR) is 78.3 cm³/mol. The lowest BCUT2D eigenvalue weighted by molar-refractivity contribution is -0.385. The van der Waals surface area contributed by atoms with Crippen molar-refractivity contribution in [1.82, 2.24) is 5.32 Å². The molecule has 0 spiro atoms. The van der Waals surface area contributed by atoms with Crippen molar-refractivity contribution < 1.29 is 14.8 Å². The van der Waals surface area contributed by atoms with Gasteiger partial charge in [-0.05, 0) is 25.8 Å². The van der Waals surface area contributed by atoms with Crippen molar-refractivity contribution in [2.45, 2.75) is 38.2 Å². The van der Waals surface area contributed by atoms with E-state index in [4.69, 9.17) is 0 Å². The summed E-state index contributed by atoms with van der Waals surface area (Å²) in [6.07, 6.45) is 3.29. The molecular formula is C14H19N3O4. The average Bonchev–Trinajstić information content (AvgIpc) is 2.86. The average molecular weight is 293 g/mol. The summed E-state index contributed by atoms with van der Waals surface area (Å²) in [4.78, 5) is 22.1. The molecule has 1 aliphatic carbocycles. The van der Waals surface area contributed by atoms with E-state index in [1.807, 2.05) is 0 Å². The summed E-state index contributed by atoms with van der Waals surface area (Å²) in [6, 6.07) is 4.03. The fraction of sp³-hybridized carbons (Fsp3) is 0.500. The van der Waals surface area contributed by atoms with Crippen LogP contribution >= 0.6 is 0 Å². The van der Waals surface area contributed by atoms with Crippen molar-refractivity contribution in [3.63, 3.8) is 0 Å². The summed E-state index contributed by atoms with van der Waals surface area (Å²) in [5.41, 5.74) is 0.0213. The standard InChI is InChI=1S/C14H19N3O4/c1-10-4-5-11(8-12(10)17(20)21)16-13(18)15-9-14(19)6-2-3-7-14/h4-5,8,19H,2-3,6-7,9H2,1H3,(H2,15,16,18). The maximum absolute atomic E-state index is 11.8. The molecule has 2 rings (SSSR count). The Labute approximate surface area is 122 Å². The smallest absolute Gasteiger partial charge is 0.319 e. The Morgan fingerprint density at radius 1 is 1.43 bits per heavy atom. The molecule has 0 radical (unpaired) electrons. The number of hydrogen-bond donors (Lipinski definition) is 3. The van der Waals surface area contributed by atoms with E-state index in [0.29, 0.717) is 24.1 Å². The van der Waals surface area contributed by atoms with Crippen LogP contribution in [0.5, 0.6) is 0 Å². The third-order valence-electron chi connectivity index (χ3n) is 3.78. The second-order valence-electron chi connectivity index (χ2n) is 5.50. The van der Waals surface area contributed by atoms with E-state index >= 15 is 0 Å². The Bertz CT molecular complexity index is 553. The molecule has 3 N–H and O–H groups in total. The molecule has 1 fully saturated rings. The minimum absolute atomic E-state index is 0.0396. The summed E-state index contributed by atoms with van der Waals surface area (Å²) in [7, 11) is 0. The zero-order chi connectivity index (χ0) is 15.5. The molecule has 7 heteroatoms. The van der Waals surface area contributed by atoms with Crippen molar-refractivity contribution in [2.24, 2.45) is 0 Å². The van der Waals surface area contributed by atoms with Crippen LogP contribution in [0.15, 0.2) is 18.2 Å². The number of carbonyl (C=O) groups excluding carboxylic acids is 1. The summed E-state index contributed by atoms with van der Waals surface area (Å²) in [5, 5.41) is 26.1. The van der Waals surface area contributed by atoms with Crippen LogP contribution in [0.3, 0.4) is 0 Å². The van der Waals surface area contributed by atoms with Crippen molar-refractivity contribution in [3.05, 3.63) is 33.9 Å². The second-order valence-corrected chi connectivity index (χ2v) is 5.50. The zero-order valence-electron chi connectivity index (χ0n) is 11.9. The summed E-state index contributed by atoms with van der Waals surface area (Å²) in [5.74, 6) is 0. The molecule has 2 amide bonds. The van der Waals surface area contributed by atoms with Gasteiger partial charge in [0, 0.05) is 23.9 Å². The molecule has 1 aromatic rings. The van der Waals surface area contributed by atoms with E-state index in [9.17, 15) is 20.0 Å². The first-order chi connectivity index (χ1) is 9.89. The van der Waals surface area contributed by atoms with E-state index in [0.717, 1.165) is 12.8 Å². The maximum Gasteiger partial charge on any atom is 0.319 e. The molecule has 0 bridgehead atoms. The number of aryl methyl sites for hydroxylation is 1. The molecular weight excluding hydrogens is 274 g/mol. The SMILES string of the molecule is Cc1ccc(NC(=O)NCC2(O)CCCC2)cc1[N+](=O)[O-]. The Balaban J connectivity index is 1.93. The fourth-order valence-corrected chi connectivity index (χ4v) is 2.51. The Morgan fingerprint density at radius 2 is 2.10 bits per heavy atom. The topological polar surface area (TPSA) is 104 Å². The highest BCUT2D eigenvalue weighted by molar-refractivity contribution is 5.89. The van der Waals surface area contributed by atoms with Crippen LogP contribution in [0, 0.1) is 17.0 Å². The first-order valence-electron chi connectivity index (χ1n) is 6.92. The van der Waals surface area contributed by atoms with Crippen molar-refractivity contribution in [2.75, 3.05) is 11.9 Å². The first kappa shape index (κ1) is 15.2. The van der Waals surface area contributed by atoms with Gasteiger partial charge in [0.1, 0.15) is 0 Å². The van der Waals surface area contributed by atoms with Gasteiger partial charge in [-0.3, -0.25) is 10.1 Å². The van der Waals surface area contributed by atoms with Crippen molar-refractivity contribution in [1.29, 1.82) is 0 Å². The third kappa shape index (κ3) is 3.91. The van der Waals surface area contributed by atoms with Crippen LogP contribution in [0.2, 0.25) is 0 Å². The maximum atomic E-state index is 11.8. The summed E-state index contributed by atoms with van der Waals surface area (Å²) < 4.78 is 0. The van der Waals surface area contributed by atoms with Crippen molar-refractivity contribution in [3.8, 4) is 0 Å². The number of nitro groups is 1. The van der Waals surface area contributed by atoms with Gasteiger partial charge in [-0.1, -0.05) is 18.9 Å². The zero-order valence-corrected chi connectivity index (χ0v) is 11.9. The molecule has 21 heavy (non-hydrogen) atoms. The minimum atomic E-state index is -0.823. The highest BCUT2D eigenvalue weighted by Gasteiger charge is 2.31. The van der Waals surface area contributed by atoms with Gasteiger partial charge in [0.15, 0.2) is 0 Å². The number of rotatable bonds is 4. The molecule has 7 nitrogen and oxygen atoms in total. The number of nitrogens with one attached hydrogen (secondary N) is 2. The highest BCUT2D eigenvalue weighted by Crippen LogP contribution is 2.28. The molecule has 0 saturated heterocycles. The van der Waals surface area contributed by atoms with Gasteiger partial charge in [0.2, 0.25) is 0 Å². The molecule has 0 unspecified atom stereocenters. The third-order valence-corrected chi connectivity index (χ3v) is 3.78. The quantitative estimate of drug-likeness (QED) is 0.585. The van der Waals surface area contributed by atoms with Gasteiger partial charge in [0.25, 0.3) is 5.69 Å². The van der Waals surface area contributed by atoms with E-state index in [1.54, 1.807) is 19.1 Å². The Hall–Kier alpha value is -2.15. The second kappa shape index (κ2) is 6.09. The van der Waals surface area contributed by atoms with Gasteiger partial charge in [0.05, 0.1) is 10.5 Å². The van der Waals surface area contributed by atoms with E-state index < -0.39 is 16.6 Å². The molecule has 1 aliphatic rings. The van der Waals surface area contributed by atoms with Gasteiger partial charge in [-0.15, -0.1) is 0 Å². The van der Waals surface area contributed by atoms with E-state index in [1.165, 1.54) is 6.07 Å². The number of anilines is 1. The number of nitro benzene ring substituents is 1. The lowest BCUT2D eigenvalue weighted by Crippen LogP contribution is -2.42. The number of urea groups is 1. The van der Waals surface area contributed by atoms with Gasteiger partial charge < -0.3 is 15.7 Å². The minimum Gasteiger partial charge on any atom is -0.388 e. The van der Waals surface area contributed by atoms with Gasteiger partial charge in [-0.25, -0.2) is 4.79 Å². The van der Waals surface area contributed by atoms with Crippen LogP contribution in [0.25, 0.3) is 0 Å². The monoisotopic (exact) mass is 293 g/mol. The molecule has 0 atom stereocenters. The number of hydrogen-bond acceptors (Lipinski definition) is 4. The Kier molecular flexibility index (Phi) is 4.42. The van der Waals surface area contributed by atoms with Crippen LogP contribution < -0.4 is 10.6 Å². The number of nitrogens with zero attached hydrogens (tertiary/aromatic N) is 1. The van der Waals surface area contributed by atoms with E-state index in [-0.39, 0.29) is 12.2 Å². The Morgan fingerprint density at radius 3 is 2.71 bits per heavy atom. The molecule has 0 aromatic heterocycles. The largest absolute Gasteiger partial charge is 0.388 e. The molecule has 0 heterocycles. The van der Waals surface area contributed by atoms with Crippen molar-refractivity contribution >= 4 is 17.4 Å². The van der Waals surface area contributed by atoms with Gasteiger partial charge in [-0.2, -0.15) is 0 Å². The molecule has 114 valence electrons. The molecule has 1 aromatic carbocycles. The first-order valence-corrected chi connectivity index (χ1v) is 6.92. The normalized spacial score (nSPS) is 16.5. The fourth-order valence-electron chi connectivity index (χ4n) is 2.51. The summed E-state index contributed by atoms with van der Waals surface area (Å²) >= 11 is 0. The number of benzene rings is 1. The lowest BCUT2D eigenvalue weighted by atomic mass is 10.0. The van der Waals surface area contributed by atoms with Gasteiger partial charge >= 0.3 is 6.03 Å². The lowest BCUT2D eigenvalue weighted by Gasteiger charge is -2.22. The summed E-state index contributed by atoms with van der Waals surface area (Å²) in [6.45, 7) is 1.82. The van der Waals surface area contributed by atoms with Crippen LogP contribution in [-0.2, 0) is 0 Å². The molecule has 1 saturated carbocycles. The molecule has 0 aliphatic heterocycles. The van der Waals surface area contributed by atoms with Crippen LogP contribution in [0.4, 0.5) is 16.2 Å². The number of amides is 2. The van der Waals surface area contributed by atoms with Crippen LogP contribution in [0.1, 0.15) is 31.2 Å².